The van der Waals surface area contributed by atoms with Gasteiger partial charge < -0.3 is 0 Å². The first kappa shape index (κ1) is 19.8. The van der Waals surface area contributed by atoms with E-state index < -0.39 is 19.9 Å². The highest BCUT2D eigenvalue weighted by Crippen LogP contribution is 2.27. The molecule has 0 unspecified atom stereocenters. The third kappa shape index (κ3) is 5.20. The van der Waals surface area contributed by atoms with Gasteiger partial charge in [-0.3, -0.25) is 4.72 Å². The van der Waals surface area contributed by atoms with Gasteiger partial charge in [0.05, 0.1) is 9.92 Å². The zero-order valence-corrected chi connectivity index (χ0v) is 16.4. The number of sulfonamides is 1. The SMILES string of the molecule is CCCCc1ccc(NS(=O)(=O)c2cc(S(C)(=O)=O)ccc2Cl)cc1. The van der Waals surface area contributed by atoms with Crippen molar-refractivity contribution in [2.45, 2.75) is 36.0 Å². The van der Waals surface area contributed by atoms with Crippen molar-refractivity contribution in [1.29, 1.82) is 0 Å². The van der Waals surface area contributed by atoms with Crippen LogP contribution in [0.4, 0.5) is 5.69 Å². The summed E-state index contributed by atoms with van der Waals surface area (Å²) in [5, 5.41) is -0.0422. The van der Waals surface area contributed by atoms with Gasteiger partial charge in [-0.05, 0) is 48.7 Å². The van der Waals surface area contributed by atoms with E-state index in [1.165, 1.54) is 12.1 Å². The van der Waals surface area contributed by atoms with E-state index in [2.05, 4.69) is 11.6 Å². The minimum atomic E-state index is -4.00. The molecule has 136 valence electrons. The highest BCUT2D eigenvalue weighted by atomic mass is 35.5. The fourth-order valence-electron chi connectivity index (χ4n) is 2.25. The normalized spacial score (nSPS) is 12.1. The number of unbranched alkanes of at least 4 members (excludes halogenated alkanes) is 1. The Balaban J connectivity index is 2.30. The zero-order chi connectivity index (χ0) is 18.7. The van der Waals surface area contributed by atoms with Crippen molar-refractivity contribution < 1.29 is 16.8 Å². The van der Waals surface area contributed by atoms with Gasteiger partial charge in [-0.15, -0.1) is 0 Å². The third-order valence-electron chi connectivity index (χ3n) is 3.65. The lowest BCUT2D eigenvalue weighted by Crippen LogP contribution is -2.14. The fraction of sp³-hybridized carbons (Fsp3) is 0.294. The lowest BCUT2D eigenvalue weighted by Gasteiger charge is -2.11. The molecule has 0 saturated carbocycles. The van der Waals surface area contributed by atoms with Gasteiger partial charge in [0.2, 0.25) is 0 Å². The van der Waals surface area contributed by atoms with Gasteiger partial charge in [-0.1, -0.05) is 37.1 Å². The average Bonchev–Trinajstić information content (AvgIpc) is 2.53. The summed E-state index contributed by atoms with van der Waals surface area (Å²) in [6.07, 6.45) is 4.10. The summed E-state index contributed by atoms with van der Waals surface area (Å²) >= 11 is 5.97. The number of halogens is 1. The van der Waals surface area contributed by atoms with Crippen LogP contribution in [0.25, 0.3) is 0 Å². The summed E-state index contributed by atoms with van der Waals surface area (Å²) in [6, 6.07) is 10.7. The number of aryl methyl sites for hydroxylation is 1. The van der Waals surface area contributed by atoms with E-state index in [0.29, 0.717) is 5.69 Å². The van der Waals surface area contributed by atoms with Crippen molar-refractivity contribution >= 4 is 37.1 Å². The number of hydrogen-bond acceptors (Lipinski definition) is 4. The summed E-state index contributed by atoms with van der Waals surface area (Å²) in [6.45, 7) is 2.11. The lowest BCUT2D eigenvalue weighted by molar-refractivity contribution is 0.600. The number of rotatable bonds is 7. The molecule has 0 bridgehead atoms. The van der Waals surface area contributed by atoms with E-state index in [0.717, 1.165) is 37.1 Å². The van der Waals surface area contributed by atoms with Crippen LogP contribution in [0.1, 0.15) is 25.3 Å². The zero-order valence-electron chi connectivity index (χ0n) is 14.0. The molecule has 0 radical (unpaired) electrons. The predicted molar refractivity (Wildman–Crippen MR) is 100 cm³/mol. The Hall–Kier alpha value is -1.57. The van der Waals surface area contributed by atoms with Crippen molar-refractivity contribution in [1.82, 2.24) is 0 Å². The van der Waals surface area contributed by atoms with Crippen LogP contribution in [0.5, 0.6) is 0 Å². The molecule has 1 N–H and O–H groups in total. The Bertz CT molecular complexity index is 953. The molecule has 0 spiro atoms. The Morgan fingerprint density at radius 1 is 1.00 bits per heavy atom. The van der Waals surface area contributed by atoms with Crippen molar-refractivity contribution in [2.75, 3.05) is 11.0 Å². The standard InChI is InChI=1S/C17H20ClNO4S2/c1-3-4-5-13-6-8-14(9-7-13)19-25(22,23)17-12-15(24(2,20)21)10-11-16(17)18/h6-12,19H,3-5H2,1-2H3. The topological polar surface area (TPSA) is 80.3 Å². The van der Waals surface area contributed by atoms with Gasteiger partial charge in [0, 0.05) is 11.9 Å². The molecule has 0 aromatic heterocycles. The first-order chi connectivity index (χ1) is 11.6. The highest BCUT2D eigenvalue weighted by Gasteiger charge is 2.21. The minimum Gasteiger partial charge on any atom is -0.280 e. The molecular weight excluding hydrogens is 382 g/mol. The number of anilines is 1. The van der Waals surface area contributed by atoms with Crippen LogP contribution in [-0.2, 0) is 26.3 Å². The Morgan fingerprint density at radius 2 is 1.64 bits per heavy atom. The van der Waals surface area contributed by atoms with E-state index in [4.69, 9.17) is 11.6 Å². The molecule has 0 aliphatic heterocycles. The molecular formula is C17H20ClNO4S2. The van der Waals surface area contributed by atoms with Crippen molar-refractivity contribution in [3.8, 4) is 0 Å². The number of hydrogen-bond donors (Lipinski definition) is 1. The molecule has 5 nitrogen and oxygen atoms in total. The largest absolute Gasteiger partial charge is 0.280 e. The van der Waals surface area contributed by atoms with E-state index in [1.807, 2.05) is 12.1 Å². The summed E-state index contributed by atoms with van der Waals surface area (Å²) in [5.41, 5.74) is 1.52. The molecule has 2 aromatic rings. The Morgan fingerprint density at radius 3 is 2.20 bits per heavy atom. The van der Waals surface area contributed by atoms with E-state index >= 15 is 0 Å². The maximum absolute atomic E-state index is 12.6. The molecule has 0 atom stereocenters. The maximum Gasteiger partial charge on any atom is 0.263 e. The molecule has 0 fully saturated rings. The number of nitrogens with one attached hydrogen (secondary N) is 1. The van der Waals surface area contributed by atoms with Crippen LogP contribution < -0.4 is 4.72 Å². The van der Waals surface area contributed by atoms with Gasteiger partial charge in [0.25, 0.3) is 10.0 Å². The molecule has 2 rings (SSSR count). The summed E-state index contributed by atoms with van der Waals surface area (Å²) in [7, 11) is -7.54. The van der Waals surface area contributed by atoms with Gasteiger partial charge in [-0.25, -0.2) is 16.8 Å². The number of sulfone groups is 1. The van der Waals surface area contributed by atoms with Crippen molar-refractivity contribution in [2.24, 2.45) is 0 Å². The summed E-state index contributed by atoms with van der Waals surface area (Å²) < 4.78 is 50.9. The smallest absolute Gasteiger partial charge is 0.263 e. The van der Waals surface area contributed by atoms with Gasteiger partial charge >= 0.3 is 0 Å². The molecule has 2 aromatic carbocycles. The average molecular weight is 402 g/mol. The van der Waals surface area contributed by atoms with Crippen LogP contribution in [0.2, 0.25) is 5.02 Å². The first-order valence-electron chi connectivity index (χ1n) is 7.75. The van der Waals surface area contributed by atoms with Crippen molar-refractivity contribution in [3.05, 3.63) is 53.1 Å². The number of benzene rings is 2. The molecule has 0 amide bonds. The second-order valence-corrected chi connectivity index (χ2v) is 9.84. The van der Waals surface area contributed by atoms with E-state index in [1.54, 1.807) is 12.1 Å². The summed E-state index contributed by atoms with van der Waals surface area (Å²) in [4.78, 5) is -0.376. The Labute approximate surface area is 154 Å². The van der Waals surface area contributed by atoms with Gasteiger partial charge in [-0.2, -0.15) is 0 Å². The van der Waals surface area contributed by atoms with Gasteiger partial charge in [0.15, 0.2) is 9.84 Å². The predicted octanol–water partition coefficient (Wildman–Crippen LogP) is 3.89. The van der Waals surface area contributed by atoms with E-state index in [9.17, 15) is 16.8 Å². The van der Waals surface area contributed by atoms with Crippen LogP contribution in [0, 0.1) is 0 Å². The van der Waals surface area contributed by atoms with Crippen LogP contribution in [0.15, 0.2) is 52.3 Å². The monoisotopic (exact) mass is 401 g/mol. The second kappa shape index (κ2) is 7.76. The first-order valence-corrected chi connectivity index (χ1v) is 11.5. The Kier molecular flexibility index (Phi) is 6.13. The minimum absolute atomic E-state index is 0.0422. The van der Waals surface area contributed by atoms with Crippen LogP contribution in [0.3, 0.4) is 0 Å². The molecule has 0 heterocycles. The second-order valence-electron chi connectivity index (χ2n) is 5.77. The summed E-state index contributed by atoms with van der Waals surface area (Å²) in [5.74, 6) is 0. The lowest BCUT2D eigenvalue weighted by atomic mass is 10.1. The van der Waals surface area contributed by atoms with Crippen LogP contribution >= 0.6 is 11.6 Å². The quantitative estimate of drug-likeness (QED) is 0.763. The van der Waals surface area contributed by atoms with Crippen LogP contribution in [-0.4, -0.2) is 23.1 Å². The molecule has 25 heavy (non-hydrogen) atoms. The van der Waals surface area contributed by atoms with Gasteiger partial charge in [0.1, 0.15) is 4.90 Å². The molecule has 0 aliphatic carbocycles. The maximum atomic E-state index is 12.6. The molecule has 8 heteroatoms. The molecule has 0 aliphatic rings. The third-order valence-corrected chi connectivity index (χ3v) is 6.62. The van der Waals surface area contributed by atoms with E-state index in [-0.39, 0.29) is 14.8 Å². The molecule has 0 saturated heterocycles. The fourth-order valence-corrected chi connectivity index (χ4v) is 4.56. The van der Waals surface area contributed by atoms with Crippen molar-refractivity contribution in [3.63, 3.8) is 0 Å². The highest BCUT2D eigenvalue weighted by molar-refractivity contribution is 7.93.